The smallest absolute Gasteiger partial charge is 0.389 e. The summed E-state index contributed by atoms with van der Waals surface area (Å²) in [6, 6.07) is 0.724. The molecule has 0 heterocycles. The molecule has 110 valence electrons. The summed E-state index contributed by atoms with van der Waals surface area (Å²) in [5, 5.41) is 10.4. The molecule has 0 unspecified atom stereocenters. The van der Waals surface area contributed by atoms with Gasteiger partial charge in [-0.15, -0.1) is 0 Å². The summed E-state index contributed by atoms with van der Waals surface area (Å²) >= 11 is 0. The number of hydrogen-bond acceptors (Lipinski definition) is 2. The lowest BCUT2D eigenvalue weighted by Crippen LogP contribution is -2.17. The Morgan fingerprint density at radius 3 is 2.25 bits per heavy atom. The molecule has 20 heavy (non-hydrogen) atoms. The topological polar surface area (TPSA) is 66.4 Å². The van der Waals surface area contributed by atoms with Crippen molar-refractivity contribution in [2.75, 3.05) is 5.32 Å². The summed E-state index contributed by atoms with van der Waals surface area (Å²) in [7, 11) is 0. The van der Waals surface area contributed by atoms with Crippen molar-refractivity contribution in [1.82, 2.24) is 0 Å². The summed E-state index contributed by atoms with van der Waals surface area (Å²) in [5.74, 6) is -5.51. The van der Waals surface area contributed by atoms with E-state index in [2.05, 4.69) is 0 Å². The molecule has 9 heteroatoms. The van der Waals surface area contributed by atoms with Crippen LogP contribution in [0.3, 0.4) is 0 Å². The van der Waals surface area contributed by atoms with Crippen LogP contribution < -0.4 is 5.32 Å². The van der Waals surface area contributed by atoms with Gasteiger partial charge < -0.3 is 10.4 Å². The van der Waals surface area contributed by atoms with Gasteiger partial charge in [-0.05, 0) is 6.07 Å². The molecule has 0 aliphatic rings. The van der Waals surface area contributed by atoms with Crippen LogP contribution >= 0.6 is 0 Å². The molecule has 0 radical (unpaired) electrons. The van der Waals surface area contributed by atoms with E-state index in [0.29, 0.717) is 6.07 Å². The lowest BCUT2D eigenvalue weighted by atomic mass is 10.1. The van der Waals surface area contributed by atoms with Crippen molar-refractivity contribution in [3.05, 3.63) is 29.3 Å². The number of carboxylic acids is 1. The first-order valence-corrected chi connectivity index (χ1v) is 5.19. The predicted octanol–water partition coefficient (Wildman–Crippen LogP) is 2.94. The van der Waals surface area contributed by atoms with E-state index in [1.54, 1.807) is 5.32 Å². The molecule has 0 spiro atoms. The number of aromatic carboxylic acids is 1. The van der Waals surface area contributed by atoms with E-state index in [0.717, 1.165) is 0 Å². The normalized spacial score (nSPS) is 11.2. The Hall–Kier alpha value is -2.19. The second-order valence-corrected chi connectivity index (χ2v) is 3.78. The maximum Gasteiger partial charge on any atom is 0.389 e. The zero-order valence-electron chi connectivity index (χ0n) is 9.72. The molecular formula is C11H8F5NO3. The molecule has 1 aromatic rings. The molecule has 0 atom stereocenters. The maximum absolute atomic E-state index is 13.3. The minimum Gasteiger partial charge on any atom is -0.478 e. The fourth-order valence-corrected chi connectivity index (χ4v) is 1.28. The Balaban J connectivity index is 2.85. The molecule has 0 aliphatic carbocycles. The van der Waals surface area contributed by atoms with Gasteiger partial charge in [-0.2, -0.15) is 13.2 Å². The third-order valence-electron chi connectivity index (χ3n) is 2.20. The van der Waals surface area contributed by atoms with Crippen LogP contribution in [-0.2, 0) is 4.79 Å². The first kappa shape index (κ1) is 15.9. The highest BCUT2D eigenvalue weighted by Gasteiger charge is 2.28. The van der Waals surface area contributed by atoms with E-state index in [1.807, 2.05) is 0 Å². The molecule has 2 N–H and O–H groups in total. The lowest BCUT2D eigenvalue weighted by Gasteiger charge is -2.09. The minimum absolute atomic E-state index is 0.225. The van der Waals surface area contributed by atoms with Crippen LogP contribution in [-0.4, -0.2) is 23.2 Å². The standard InChI is InChI=1S/C11H8F5NO3/c12-6-4-7(13)8(3-5(6)10(19)20)17-9(18)1-2-11(14,15)16/h3-4H,1-2H2,(H,17,18)(H,19,20). The van der Waals surface area contributed by atoms with Crippen molar-refractivity contribution < 1.29 is 36.6 Å². The van der Waals surface area contributed by atoms with Crippen LogP contribution in [0, 0.1) is 11.6 Å². The average molecular weight is 297 g/mol. The molecule has 1 rings (SSSR count). The second-order valence-electron chi connectivity index (χ2n) is 3.78. The van der Waals surface area contributed by atoms with E-state index in [9.17, 15) is 31.5 Å². The Kier molecular flexibility index (Phi) is 4.64. The van der Waals surface area contributed by atoms with Crippen LogP contribution in [0.1, 0.15) is 23.2 Å². The van der Waals surface area contributed by atoms with Gasteiger partial charge in [-0.3, -0.25) is 4.79 Å². The van der Waals surface area contributed by atoms with Gasteiger partial charge in [0.25, 0.3) is 0 Å². The molecule has 1 amide bonds. The van der Waals surface area contributed by atoms with Crippen molar-refractivity contribution in [2.45, 2.75) is 19.0 Å². The molecule has 0 fully saturated rings. The third-order valence-corrected chi connectivity index (χ3v) is 2.20. The van der Waals surface area contributed by atoms with E-state index in [4.69, 9.17) is 5.11 Å². The molecule has 0 saturated carbocycles. The fourth-order valence-electron chi connectivity index (χ4n) is 1.28. The molecule has 1 aromatic carbocycles. The van der Waals surface area contributed by atoms with Gasteiger partial charge in [0.1, 0.15) is 11.6 Å². The van der Waals surface area contributed by atoms with E-state index >= 15 is 0 Å². The van der Waals surface area contributed by atoms with Crippen LogP contribution in [0.25, 0.3) is 0 Å². The molecule has 4 nitrogen and oxygen atoms in total. The van der Waals surface area contributed by atoms with E-state index < -0.39 is 53.8 Å². The Bertz CT molecular complexity index is 542. The summed E-state index contributed by atoms with van der Waals surface area (Å²) < 4.78 is 61.9. The van der Waals surface area contributed by atoms with Gasteiger partial charge in [-0.1, -0.05) is 0 Å². The van der Waals surface area contributed by atoms with Gasteiger partial charge >= 0.3 is 12.1 Å². The minimum atomic E-state index is -4.55. The number of carbonyl (C=O) groups is 2. The Labute approximate surface area is 109 Å². The Morgan fingerprint density at radius 1 is 1.15 bits per heavy atom. The number of alkyl halides is 3. The molecular weight excluding hydrogens is 289 g/mol. The molecule has 0 bridgehead atoms. The van der Waals surface area contributed by atoms with Crippen LogP contribution in [0.15, 0.2) is 12.1 Å². The highest BCUT2D eigenvalue weighted by Crippen LogP contribution is 2.23. The van der Waals surface area contributed by atoms with Gasteiger partial charge in [0.15, 0.2) is 0 Å². The first-order valence-electron chi connectivity index (χ1n) is 5.19. The van der Waals surface area contributed by atoms with Crippen molar-refractivity contribution in [2.24, 2.45) is 0 Å². The highest BCUT2D eigenvalue weighted by molar-refractivity contribution is 5.94. The molecule has 0 saturated heterocycles. The average Bonchev–Trinajstić information content (AvgIpc) is 2.28. The number of nitrogens with one attached hydrogen (secondary N) is 1. The van der Waals surface area contributed by atoms with Gasteiger partial charge in [0.05, 0.1) is 17.7 Å². The number of carbonyl (C=O) groups excluding carboxylic acids is 1. The van der Waals surface area contributed by atoms with E-state index in [1.165, 1.54) is 0 Å². The summed E-state index contributed by atoms with van der Waals surface area (Å²) in [6.45, 7) is 0. The van der Waals surface area contributed by atoms with Crippen LogP contribution in [0.5, 0.6) is 0 Å². The zero-order chi connectivity index (χ0) is 15.5. The summed E-state index contributed by atoms with van der Waals surface area (Å²) in [6.07, 6.45) is -6.92. The lowest BCUT2D eigenvalue weighted by molar-refractivity contribution is -0.142. The van der Waals surface area contributed by atoms with Gasteiger partial charge in [0, 0.05) is 12.5 Å². The molecule has 0 aliphatic heterocycles. The fraction of sp³-hybridized carbons (Fsp3) is 0.273. The first-order chi connectivity index (χ1) is 9.10. The van der Waals surface area contributed by atoms with Gasteiger partial charge in [-0.25, -0.2) is 13.6 Å². The number of carboxylic acid groups (broad SMARTS) is 1. The van der Waals surface area contributed by atoms with Crippen molar-refractivity contribution in [1.29, 1.82) is 0 Å². The largest absolute Gasteiger partial charge is 0.478 e. The van der Waals surface area contributed by atoms with Crippen molar-refractivity contribution in [3.8, 4) is 0 Å². The Morgan fingerprint density at radius 2 is 1.75 bits per heavy atom. The number of hydrogen-bond donors (Lipinski definition) is 2. The third kappa shape index (κ3) is 4.48. The monoisotopic (exact) mass is 297 g/mol. The number of halogens is 5. The number of anilines is 1. The quantitative estimate of drug-likeness (QED) is 0.840. The van der Waals surface area contributed by atoms with Crippen molar-refractivity contribution in [3.63, 3.8) is 0 Å². The van der Waals surface area contributed by atoms with Crippen LogP contribution in [0.2, 0.25) is 0 Å². The van der Waals surface area contributed by atoms with Crippen LogP contribution in [0.4, 0.5) is 27.6 Å². The summed E-state index contributed by atoms with van der Waals surface area (Å²) in [4.78, 5) is 21.8. The highest BCUT2D eigenvalue weighted by atomic mass is 19.4. The zero-order valence-corrected chi connectivity index (χ0v) is 9.72. The van der Waals surface area contributed by atoms with Crippen molar-refractivity contribution >= 4 is 17.6 Å². The number of rotatable bonds is 4. The maximum atomic E-state index is 13.3. The molecule has 0 aromatic heterocycles. The predicted molar refractivity (Wildman–Crippen MR) is 57.2 cm³/mol. The van der Waals surface area contributed by atoms with E-state index in [-0.39, 0.29) is 6.07 Å². The SMILES string of the molecule is O=C(CCC(F)(F)F)Nc1cc(C(=O)O)c(F)cc1F. The number of benzene rings is 1. The number of amides is 1. The second kappa shape index (κ2) is 5.85. The van der Waals surface area contributed by atoms with Gasteiger partial charge in [0.2, 0.25) is 5.91 Å². The summed E-state index contributed by atoms with van der Waals surface area (Å²) in [5.41, 5.74) is -1.60.